The summed E-state index contributed by atoms with van der Waals surface area (Å²) in [4.78, 5) is 39.9. The molecule has 0 saturated carbocycles. The number of carbonyl (C=O) groups excluding carboxylic acids is 2. The van der Waals surface area contributed by atoms with Gasteiger partial charge in [-0.05, 0) is 39.3 Å². The first-order valence-corrected chi connectivity index (χ1v) is 10.3. The van der Waals surface area contributed by atoms with E-state index in [1.54, 1.807) is 29.2 Å². The second-order valence-electron chi connectivity index (χ2n) is 7.91. The fourth-order valence-corrected chi connectivity index (χ4v) is 3.32. The van der Waals surface area contributed by atoms with Gasteiger partial charge in [0.1, 0.15) is 0 Å². The van der Waals surface area contributed by atoms with Crippen molar-refractivity contribution >= 4 is 22.6 Å². The summed E-state index contributed by atoms with van der Waals surface area (Å²) < 4.78 is 6.59. The van der Waals surface area contributed by atoms with Gasteiger partial charge in [-0.2, -0.15) is 5.10 Å². The molecule has 0 aliphatic rings. The lowest BCUT2D eigenvalue weighted by atomic mass is 10.1. The molecule has 0 fully saturated rings. The molecule has 0 aliphatic heterocycles. The predicted octanol–water partition coefficient (Wildman–Crippen LogP) is 3.57. The largest absolute Gasteiger partial charge is 0.451 e. The van der Waals surface area contributed by atoms with Gasteiger partial charge in [0.25, 0.3) is 11.5 Å². The summed E-state index contributed by atoms with van der Waals surface area (Å²) in [7, 11) is 0. The van der Waals surface area contributed by atoms with Crippen molar-refractivity contribution in [3.05, 3.63) is 76.2 Å². The van der Waals surface area contributed by atoms with Crippen LogP contribution in [0.3, 0.4) is 0 Å². The molecule has 162 valence electrons. The minimum atomic E-state index is -0.734. The lowest BCUT2D eigenvalue weighted by Gasteiger charge is -2.26. The topological polar surface area (TPSA) is 81.5 Å². The van der Waals surface area contributed by atoms with Crippen molar-refractivity contribution in [2.75, 3.05) is 6.61 Å². The van der Waals surface area contributed by atoms with Crippen molar-refractivity contribution in [2.24, 2.45) is 0 Å². The average molecular weight is 421 g/mol. The van der Waals surface area contributed by atoms with Gasteiger partial charge in [-0.15, -0.1) is 0 Å². The van der Waals surface area contributed by atoms with E-state index in [-0.39, 0.29) is 29.2 Å². The molecule has 0 radical (unpaired) electrons. The molecule has 1 amide bonds. The van der Waals surface area contributed by atoms with Crippen LogP contribution in [-0.2, 0) is 16.1 Å². The Morgan fingerprint density at radius 3 is 2.19 bits per heavy atom. The zero-order chi connectivity index (χ0) is 22.5. The van der Waals surface area contributed by atoms with Crippen molar-refractivity contribution in [1.82, 2.24) is 14.7 Å². The number of amides is 1. The SMILES string of the molecule is CC(C)N(Cc1ccccc1)C(=O)COC(=O)c1nn(C(C)C)c(=O)c2ccccc12. The Bertz CT molecular complexity index is 1140. The zero-order valence-corrected chi connectivity index (χ0v) is 18.2. The molecule has 0 atom stereocenters. The molecular weight excluding hydrogens is 394 g/mol. The molecule has 1 heterocycles. The Morgan fingerprint density at radius 2 is 1.58 bits per heavy atom. The van der Waals surface area contributed by atoms with E-state index in [2.05, 4.69) is 5.10 Å². The van der Waals surface area contributed by atoms with Crippen LogP contribution in [0.5, 0.6) is 0 Å². The maximum absolute atomic E-state index is 12.8. The Hall–Kier alpha value is -3.48. The molecule has 3 aromatic rings. The zero-order valence-electron chi connectivity index (χ0n) is 18.2. The predicted molar refractivity (Wildman–Crippen MR) is 119 cm³/mol. The van der Waals surface area contributed by atoms with E-state index in [4.69, 9.17) is 4.74 Å². The fourth-order valence-electron chi connectivity index (χ4n) is 3.32. The van der Waals surface area contributed by atoms with Crippen LogP contribution in [0.15, 0.2) is 59.4 Å². The van der Waals surface area contributed by atoms with E-state index in [1.807, 2.05) is 58.0 Å². The van der Waals surface area contributed by atoms with Gasteiger partial charge in [-0.25, -0.2) is 9.48 Å². The maximum atomic E-state index is 12.8. The van der Waals surface area contributed by atoms with Crippen LogP contribution >= 0.6 is 0 Å². The van der Waals surface area contributed by atoms with Crippen molar-refractivity contribution in [3.63, 3.8) is 0 Å². The van der Waals surface area contributed by atoms with Crippen molar-refractivity contribution in [1.29, 1.82) is 0 Å². The average Bonchev–Trinajstić information content (AvgIpc) is 2.76. The number of benzene rings is 2. The number of carbonyl (C=O) groups is 2. The molecule has 0 spiro atoms. The van der Waals surface area contributed by atoms with Crippen LogP contribution in [-0.4, -0.2) is 39.2 Å². The van der Waals surface area contributed by atoms with Gasteiger partial charge < -0.3 is 9.64 Å². The summed E-state index contributed by atoms with van der Waals surface area (Å²) in [5, 5.41) is 5.03. The quantitative estimate of drug-likeness (QED) is 0.545. The van der Waals surface area contributed by atoms with E-state index in [9.17, 15) is 14.4 Å². The maximum Gasteiger partial charge on any atom is 0.359 e. The second-order valence-corrected chi connectivity index (χ2v) is 7.91. The highest BCUT2D eigenvalue weighted by Gasteiger charge is 2.22. The molecule has 0 N–H and O–H groups in total. The lowest BCUT2D eigenvalue weighted by Crippen LogP contribution is -2.39. The van der Waals surface area contributed by atoms with Gasteiger partial charge in [0.05, 0.1) is 11.4 Å². The normalized spacial score (nSPS) is 11.2. The summed E-state index contributed by atoms with van der Waals surface area (Å²) in [6, 6.07) is 16.1. The second kappa shape index (κ2) is 9.55. The lowest BCUT2D eigenvalue weighted by molar-refractivity contribution is -0.136. The van der Waals surface area contributed by atoms with E-state index < -0.39 is 12.6 Å². The van der Waals surface area contributed by atoms with Crippen LogP contribution in [0.25, 0.3) is 10.8 Å². The van der Waals surface area contributed by atoms with Gasteiger partial charge >= 0.3 is 5.97 Å². The van der Waals surface area contributed by atoms with Crippen molar-refractivity contribution in [3.8, 4) is 0 Å². The summed E-state index contributed by atoms with van der Waals surface area (Å²) in [6.45, 7) is 7.47. The van der Waals surface area contributed by atoms with Crippen LogP contribution in [0.2, 0.25) is 0 Å². The van der Waals surface area contributed by atoms with E-state index in [0.717, 1.165) is 5.56 Å². The fraction of sp³-hybridized carbons (Fsp3) is 0.333. The van der Waals surface area contributed by atoms with E-state index >= 15 is 0 Å². The molecule has 1 aromatic heterocycles. The number of ether oxygens (including phenoxy) is 1. The van der Waals surface area contributed by atoms with E-state index in [0.29, 0.717) is 17.3 Å². The Labute approximate surface area is 181 Å². The molecule has 0 saturated heterocycles. The third-order valence-corrected chi connectivity index (χ3v) is 4.98. The summed E-state index contributed by atoms with van der Waals surface area (Å²) in [5.74, 6) is -1.03. The molecule has 31 heavy (non-hydrogen) atoms. The van der Waals surface area contributed by atoms with Crippen LogP contribution in [0.1, 0.15) is 49.8 Å². The highest BCUT2D eigenvalue weighted by atomic mass is 16.5. The molecule has 0 aliphatic carbocycles. The van der Waals surface area contributed by atoms with Crippen LogP contribution < -0.4 is 5.56 Å². The molecule has 3 rings (SSSR count). The highest BCUT2D eigenvalue weighted by Crippen LogP contribution is 2.16. The Balaban J connectivity index is 1.81. The van der Waals surface area contributed by atoms with Crippen LogP contribution in [0.4, 0.5) is 0 Å². The van der Waals surface area contributed by atoms with Crippen molar-refractivity contribution < 1.29 is 14.3 Å². The number of hydrogen-bond donors (Lipinski definition) is 0. The first kappa shape index (κ1) is 22.2. The minimum Gasteiger partial charge on any atom is -0.451 e. The Kier molecular flexibility index (Phi) is 6.84. The van der Waals surface area contributed by atoms with Gasteiger partial charge in [0.2, 0.25) is 0 Å². The molecule has 0 unspecified atom stereocenters. The number of hydrogen-bond acceptors (Lipinski definition) is 5. The third-order valence-electron chi connectivity index (χ3n) is 4.98. The van der Waals surface area contributed by atoms with Gasteiger partial charge in [0.15, 0.2) is 12.3 Å². The summed E-state index contributed by atoms with van der Waals surface area (Å²) in [6.07, 6.45) is 0. The Morgan fingerprint density at radius 1 is 0.968 bits per heavy atom. The van der Waals surface area contributed by atoms with Crippen LogP contribution in [0, 0.1) is 0 Å². The summed E-state index contributed by atoms with van der Waals surface area (Å²) in [5.41, 5.74) is 0.746. The molecule has 2 aromatic carbocycles. The molecule has 7 heteroatoms. The summed E-state index contributed by atoms with van der Waals surface area (Å²) >= 11 is 0. The standard InChI is InChI=1S/C24H27N3O4/c1-16(2)26(14-18-10-6-5-7-11-18)21(28)15-31-24(30)22-19-12-8-9-13-20(19)23(29)27(25-22)17(3)4/h5-13,16-17H,14-15H2,1-4H3. The number of fused-ring (bicyclic) bond motifs is 1. The smallest absolute Gasteiger partial charge is 0.359 e. The minimum absolute atomic E-state index is 0.0239. The van der Waals surface area contributed by atoms with E-state index in [1.165, 1.54) is 4.68 Å². The first-order valence-electron chi connectivity index (χ1n) is 10.3. The third kappa shape index (κ3) is 4.99. The monoisotopic (exact) mass is 421 g/mol. The highest BCUT2D eigenvalue weighted by molar-refractivity contribution is 6.02. The van der Waals surface area contributed by atoms with Gasteiger partial charge in [-0.1, -0.05) is 48.5 Å². The number of nitrogens with zero attached hydrogens (tertiary/aromatic N) is 3. The molecular formula is C24H27N3O4. The number of esters is 1. The number of rotatable bonds is 7. The number of aromatic nitrogens is 2. The van der Waals surface area contributed by atoms with Crippen molar-refractivity contribution in [2.45, 2.75) is 46.3 Å². The molecule has 0 bridgehead atoms. The van der Waals surface area contributed by atoms with Gasteiger partial charge in [0, 0.05) is 18.0 Å². The first-order chi connectivity index (χ1) is 14.8. The molecule has 7 nitrogen and oxygen atoms in total. The van der Waals surface area contributed by atoms with Gasteiger partial charge in [-0.3, -0.25) is 9.59 Å².